The maximum absolute atomic E-state index is 5.98. The minimum Gasteiger partial charge on any atom is -0.478 e. The van der Waals surface area contributed by atoms with Crippen molar-refractivity contribution in [1.29, 1.82) is 0 Å². The van der Waals surface area contributed by atoms with Gasteiger partial charge >= 0.3 is 0 Å². The molecule has 1 fully saturated rings. The van der Waals surface area contributed by atoms with Gasteiger partial charge in [0.15, 0.2) is 0 Å². The van der Waals surface area contributed by atoms with Gasteiger partial charge in [0.05, 0.1) is 6.61 Å². The summed E-state index contributed by atoms with van der Waals surface area (Å²) in [5.41, 5.74) is 5.98. The normalized spacial score (nSPS) is 24.1. The Morgan fingerprint density at radius 1 is 1.50 bits per heavy atom. The van der Waals surface area contributed by atoms with E-state index in [1.165, 1.54) is 0 Å². The summed E-state index contributed by atoms with van der Waals surface area (Å²) in [7, 11) is 0. The molecule has 2 N–H and O–H groups in total. The monoisotopic (exact) mass is 250 g/mol. The molecule has 0 saturated carbocycles. The number of hydrogen-bond donors (Lipinski definition) is 1. The number of ether oxygens (including phenoxy) is 1. The first-order valence-electron chi connectivity index (χ1n) is 6.67. The molecule has 1 aliphatic rings. The van der Waals surface area contributed by atoms with E-state index in [0.717, 1.165) is 31.6 Å². The standard InChI is InChI=1S/C13H22N4O/c1-3-6-18-13-8-12(15-9-16-13)17-5-4-11(14)7-10(17)2/h8-11H,3-7,14H2,1-2H3. The molecule has 2 atom stereocenters. The van der Waals surface area contributed by atoms with E-state index in [4.69, 9.17) is 10.5 Å². The van der Waals surface area contributed by atoms with Crippen LogP contribution in [0.25, 0.3) is 0 Å². The third-order valence-electron chi connectivity index (χ3n) is 3.29. The van der Waals surface area contributed by atoms with Crippen molar-refractivity contribution in [2.45, 2.75) is 45.2 Å². The van der Waals surface area contributed by atoms with E-state index >= 15 is 0 Å². The van der Waals surface area contributed by atoms with Crippen LogP contribution in [0.1, 0.15) is 33.1 Å². The SMILES string of the molecule is CCCOc1cc(N2CCC(N)CC2C)ncn1. The molecule has 2 heterocycles. The maximum atomic E-state index is 5.98. The molecule has 0 bridgehead atoms. The van der Waals surface area contributed by atoms with Crippen LogP contribution in [0.15, 0.2) is 12.4 Å². The summed E-state index contributed by atoms with van der Waals surface area (Å²) in [6.07, 6.45) is 4.57. The maximum Gasteiger partial charge on any atom is 0.218 e. The lowest BCUT2D eigenvalue weighted by molar-refractivity contribution is 0.304. The zero-order valence-corrected chi connectivity index (χ0v) is 11.2. The van der Waals surface area contributed by atoms with Gasteiger partial charge in [0, 0.05) is 24.7 Å². The van der Waals surface area contributed by atoms with Crippen molar-refractivity contribution < 1.29 is 4.74 Å². The fourth-order valence-electron chi connectivity index (χ4n) is 2.32. The molecule has 100 valence electrons. The van der Waals surface area contributed by atoms with Crippen molar-refractivity contribution in [3.63, 3.8) is 0 Å². The molecule has 0 radical (unpaired) electrons. The van der Waals surface area contributed by atoms with E-state index in [1.807, 2.05) is 6.07 Å². The van der Waals surface area contributed by atoms with E-state index in [-0.39, 0.29) is 0 Å². The predicted octanol–water partition coefficient (Wildman–Crippen LogP) is 1.58. The third kappa shape index (κ3) is 3.10. The quantitative estimate of drug-likeness (QED) is 0.879. The van der Waals surface area contributed by atoms with Crippen LogP contribution < -0.4 is 15.4 Å². The minimum atomic E-state index is 0.314. The van der Waals surface area contributed by atoms with Crippen LogP contribution in [-0.2, 0) is 0 Å². The fourth-order valence-corrected chi connectivity index (χ4v) is 2.32. The molecule has 5 heteroatoms. The second-order valence-corrected chi connectivity index (χ2v) is 4.89. The van der Waals surface area contributed by atoms with E-state index in [0.29, 0.717) is 24.6 Å². The molecule has 0 aromatic carbocycles. The van der Waals surface area contributed by atoms with Crippen LogP contribution in [-0.4, -0.2) is 35.2 Å². The summed E-state index contributed by atoms with van der Waals surface area (Å²) in [4.78, 5) is 10.7. The number of nitrogens with two attached hydrogens (primary N) is 1. The third-order valence-corrected chi connectivity index (χ3v) is 3.29. The number of aromatic nitrogens is 2. The average molecular weight is 250 g/mol. The lowest BCUT2D eigenvalue weighted by atomic mass is 9.99. The fraction of sp³-hybridized carbons (Fsp3) is 0.692. The van der Waals surface area contributed by atoms with Gasteiger partial charge in [-0.25, -0.2) is 9.97 Å². The van der Waals surface area contributed by atoms with Gasteiger partial charge < -0.3 is 15.4 Å². The Kier molecular flexibility index (Phi) is 4.36. The molecule has 2 rings (SSSR count). The lowest BCUT2D eigenvalue weighted by Gasteiger charge is -2.37. The first kappa shape index (κ1) is 13.1. The van der Waals surface area contributed by atoms with Gasteiger partial charge in [-0.1, -0.05) is 6.92 Å². The highest BCUT2D eigenvalue weighted by atomic mass is 16.5. The average Bonchev–Trinajstić information content (AvgIpc) is 2.36. The largest absolute Gasteiger partial charge is 0.478 e. The predicted molar refractivity (Wildman–Crippen MR) is 71.8 cm³/mol. The molecule has 0 aliphatic carbocycles. The van der Waals surface area contributed by atoms with E-state index in [9.17, 15) is 0 Å². The Morgan fingerprint density at radius 3 is 3.06 bits per heavy atom. The smallest absolute Gasteiger partial charge is 0.218 e. The second kappa shape index (κ2) is 6.00. The van der Waals surface area contributed by atoms with Crippen LogP contribution in [0.5, 0.6) is 5.88 Å². The summed E-state index contributed by atoms with van der Waals surface area (Å²) in [6.45, 7) is 5.91. The van der Waals surface area contributed by atoms with Gasteiger partial charge in [-0.05, 0) is 26.2 Å². The summed E-state index contributed by atoms with van der Waals surface area (Å²) >= 11 is 0. The summed E-state index contributed by atoms with van der Waals surface area (Å²) in [5.74, 6) is 1.60. The molecule has 0 spiro atoms. The highest BCUT2D eigenvalue weighted by molar-refractivity contribution is 5.42. The molecule has 18 heavy (non-hydrogen) atoms. The first-order chi connectivity index (χ1) is 8.70. The molecule has 5 nitrogen and oxygen atoms in total. The summed E-state index contributed by atoms with van der Waals surface area (Å²) in [6, 6.07) is 2.65. The highest BCUT2D eigenvalue weighted by Gasteiger charge is 2.24. The molecule has 1 aromatic heterocycles. The van der Waals surface area contributed by atoms with Gasteiger partial charge in [0.1, 0.15) is 12.1 Å². The second-order valence-electron chi connectivity index (χ2n) is 4.89. The van der Waals surface area contributed by atoms with Gasteiger partial charge in [0.25, 0.3) is 0 Å². The molecular formula is C13H22N4O. The number of hydrogen-bond acceptors (Lipinski definition) is 5. The van der Waals surface area contributed by atoms with Crippen LogP contribution in [0.4, 0.5) is 5.82 Å². The lowest BCUT2D eigenvalue weighted by Crippen LogP contribution is -2.46. The van der Waals surface area contributed by atoms with Crippen LogP contribution >= 0.6 is 0 Å². The van der Waals surface area contributed by atoms with E-state index in [2.05, 4.69) is 28.7 Å². The molecule has 1 aromatic rings. The highest BCUT2D eigenvalue weighted by Crippen LogP contribution is 2.24. The van der Waals surface area contributed by atoms with E-state index in [1.54, 1.807) is 6.33 Å². The van der Waals surface area contributed by atoms with Gasteiger partial charge in [-0.15, -0.1) is 0 Å². The Morgan fingerprint density at radius 2 is 2.33 bits per heavy atom. The van der Waals surface area contributed by atoms with Gasteiger partial charge in [0.2, 0.25) is 5.88 Å². The van der Waals surface area contributed by atoms with Gasteiger partial charge in [-0.2, -0.15) is 0 Å². The van der Waals surface area contributed by atoms with Crippen LogP contribution in [0.3, 0.4) is 0 Å². The van der Waals surface area contributed by atoms with Crippen molar-refractivity contribution in [3.8, 4) is 5.88 Å². The topological polar surface area (TPSA) is 64.3 Å². The van der Waals surface area contributed by atoms with Crippen LogP contribution in [0.2, 0.25) is 0 Å². The summed E-state index contributed by atoms with van der Waals surface area (Å²) in [5, 5.41) is 0. The Bertz CT molecular complexity index is 385. The van der Waals surface area contributed by atoms with Crippen molar-refractivity contribution in [3.05, 3.63) is 12.4 Å². The Balaban J connectivity index is 2.07. The number of rotatable bonds is 4. The van der Waals surface area contributed by atoms with Gasteiger partial charge in [-0.3, -0.25) is 0 Å². The number of anilines is 1. The Labute approximate surface area is 108 Å². The number of piperidine rings is 1. The minimum absolute atomic E-state index is 0.314. The molecule has 1 aliphatic heterocycles. The van der Waals surface area contributed by atoms with Crippen molar-refractivity contribution in [1.82, 2.24) is 9.97 Å². The Hall–Kier alpha value is -1.36. The van der Waals surface area contributed by atoms with E-state index < -0.39 is 0 Å². The first-order valence-corrected chi connectivity index (χ1v) is 6.67. The molecular weight excluding hydrogens is 228 g/mol. The van der Waals surface area contributed by atoms with Crippen molar-refractivity contribution in [2.75, 3.05) is 18.1 Å². The summed E-state index contributed by atoms with van der Waals surface area (Å²) < 4.78 is 5.54. The van der Waals surface area contributed by atoms with Crippen molar-refractivity contribution in [2.24, 2.45) is 5.73 Å². The van der Waals surface area contributed by atoms with Crippen LogP contribution in [0, 0.1) is 0 Å². The zero-order valence-electron chi connectivity index (χ0n) is 11.2. The molecule has 0 amide bonds. The molecule has 1 saturated heterocycles. The van der Waals surface area contributed by atoms with Crippen molar-refractivity contribution >= 4 is 5.82 Å². The molecule has 2 unspecified atom stereocenters. The number of nitrogens with zero attached hydrogens (tertiary/aromatic N) is 3. The zero-order chi connectivity index (χ0) is 13.0.